The number of hydrogen-bond donors (Lipinski definition) is 2. The predicted molar refractivity (Wildman–Crippen MR) is 107 cm³/mol. The Bertz CT molecular complexity index is 931. The van der Waals surface area contributed by atoms with Crippen molar-refractivity contribution in [1.29, 1.82) is 0 Å². The molecule has 1 amide bonds. The minimum atomic E-state index is -0.255. The van der Waals surface area contributed by atoms with Crippen LogP contribution in [0.2, 0.25) is 0 Å². The monoisotopic (exact) mass is 377 g/mol. The van der Waals surface area contributed by atoms with Gasteiger partial charge in [-0.25, -0.2) is 4.68 Å². The summed E-state index contributed by atoms with van der Waals surface area (Å²) < 4.78 is 7.65. The fourth-order valence-electron chi connectivity index (χ4n) is 3.37. The van der Waals surface area contributed by atoms with E-state index >= 15 is 0 Å². The van der Waals surface area contributed by atoms with E-state index in [4.69, 9.17) is 4.74 Å². The number of para-hydroxylation sites is 1. The number of aromatic nitrogens is 3. The van der Waals surface area contributed by atoms with Gasteiger partial charge < -0.3 is 15.4 Å². The Morgan fingerprint density at radius 3 is 2.46 bits per heavy atom. The number of nitrogens with zero attached hydrogens (tertiary/aromatic N) is 3. The van der Waals surface area contributed by atoms with Gasteiger partial charge in [0.1, 0.15) is 11.5 Å². The molecule has 0 atom stereocenters. The fourth-order valence-corrected chi connectivity index (χ4v) is 3.37. The first kappa shape index (κ1) is 18.2. The molecule has 1 aliphatic rings. The SMILES string of the molecule is Cc1c(C(=O)Nc2ccc(Oc3ccccc3)cc2)nnn1C1CCNCC1. The number of rotatable bonds is 5. The number of amides is 1. The maximum Gasteiger partial charge on any atom is 0.278 e. The highest BCUT2D eigenvalue weighted by atomic mass is 16.5. The standard InChI is InChI=1S/C21H23N5O2/c1-15-20(24-25-26(15)17-11-13-22-14-12-17)21(27)23-16-7-9-19(10-8-16)28-18-5-3-2-4-6-18/h2-10,17,22H,11-14H2,1H3,(H,23,27). The van der Waals surface area contributed by atoms with Gasteiger partial charge in [-0.1, -0.05) is 23.4 Å². The van der Waals surface area contributed by atoms with Crippen LogP contribution >= 0.6 is 0 Å². The first-order valence-corrected chi connectivity index (χ1v) is 9.47. The molecule has 2 heterocycles. The summed E-state index contributed by atoms with van der Waals surface area (Å²) in [6, 6.07) is 17.1. The Morgan fingerprint density at radius 1 is 1.07 bits per heavy atom. The van der Waals surface area contributed by atoms with Crippen molar-refractivity contribution in [3.63, 3.8) is 0 Å². The Hall–Kier alpha value is -3.19. The third kappa shape index (κ3) is 4.04. The predicted octanol–water partition coefficient (Wildman–Crippen LogP) is 3.56. The maximum absolute atomic E-state index is 12.6. The van der Waals surface area contributed by atoms with Crippen molar-refractivity contribution in [2.24, 2.45) is 0 Å². The molecule has 0 unspecified atom stereocenters. The molecule has 2 N–H and O–H groups in total. The third-order valence-electron chi connectivity index (χ3n) is 4.89. The van der Waals surface area contributed by atoms with E-state index in [9.17, 15) is 4.79 Å². The molecule has 1 aromatic heterocycles. The van der Waals surface area contributed by atoms with Gasteiger partial charge in [0.2, 0.25) is 0 Å². The van der Waals surface area contributed by atoms with E-state index in [0.29, 0.717) is 23.2 Å². The smallest absolute Gasteiger partial charge is 0.278 e. The molecule has 0 spiro atoms. The van der Waals surface area contributed by atoms with Gasteiger partial charge in [0.15, 0.2) is 5.69 Å². The van der Waals surface area contributed by atoms with Crippen LogP contribution in [0.3, 0.4) is 0 Å². The summed E-state index contributed by atoms with van der Waals surface area (Å²) in [6.07, 6.45) is 1.99. The van der Waals surface area contributed by atoms with Crippen LogP contribution in [0.4, 0.5) is 5.69 Å². The summed E-state index contributed by atoms with van der Waals surface area (Å²) in [5.41, 5.74) is 1.85. The number of ether oxygens (including phenoxy) is 1. The topological polar surface area (TPSA) is 81.1 Å². The summed E-state index contributed by atoms with van der Waals surface area (Å²) >= 11 is 0. The summed E-state index contributed by atoms with van der Waals surface area (Å²) in [4.78, 5) is 12.6. The summed E-state index contributed by atoms with van der Waals surface area (Å²) in [6.45, 7) is 3.82. The lowest BCUT2D eigenvalue weighted by atomic mass is 10.1. The van der Waals surface area contributed by atoms with Crippen molar-refractivity contribution in [2.75, 3.05) is 18.4 Å². The molecule has 7 nitrogen and oxygen atoms in total. The van der Waals surface area contributed by atoms with Crippen molar-refractivity contribution in [3.8, 4) is 11.5 Å². The van der Waals surface area contributed by atoms with Gasteiger partial charge in [-0.15, -0.1) is 5.10 Å². The lowest BCUT2D eigenvalue weighted by Crippen LogP contribution is -2.30. The van der Waals surface area contributed by atoms with Gasteiger partial charge in [0.25, 0.3) is 5.91 Å². The second-order valence-corrected chi connectivity index (χ2v) is 6.84. The van der Waals surface area contributed by atoms with Crippen LogP contribution in [0.1, 0.15) is 35.1 Å². The molecule has 7 heteroatoms. The first-order valence-electron chi connectivity index (χ1n) is 9.47. The summed E-state index contributed by atoms with van der Waals surface area (Å²) in [5.74, 6) is 1.22. The normalized spacial score (nSPS) is 14.6. The van der Waals surface area contributed by atoms with Crippen LogP contribution in [0.15, 0.2) is 54.6 Å². The number of piperidine rings is 1. The van der Waals surface area contributed by atoms with Gasteiger partial charge in [0.05, 0.1) is 11.7 Å². The van der Waals surface area contributed by atoms with Crippen LogP contribution in [0.25, 0.3) is 0 Å². The van der Waals surface area contributed by atoms with E-state index in [-0.39, 0.29) is 5.91 Å². The molecule has 2 aromatic carbocycles. The third-order valence-corrected chi connectivity index (χ3v) is 4.89. The molecule has 144 valence electrons. The van der Waals surface area contributed by atoms with E-state index in [1.807, 2.05) is 66.2 Å². The molecule has 1 aliphatic heterocycles. The summed E-state index contributed by atoms with van der Waals surface area (Å²) in [5, 5.41) is 14.6. The number of carbonyl (C=O) groups excluding carboxylic acids is 1. The number of hydrogen-bond acceptors (Lipinski definition) is 5. The number of benzene rings is 2. The maximum atomic E-state index is 12.6. The number of nitrogens with one attached hydrogen (secondary N) is 2. The molecule has 0 saturated carbocycles. The molecular weight excluding hydrogens is 354 g/mol. The largest absolute Gasteiger partial charge is 0.457 e. The molecule has 4 rings (SSSR count). The highest BCUT2D eigenvalue weighted by Crippen LogP contribution is 2.24. The van der Waals surface area contributed by atoms with Crippen molar-refractivity contribution in [3.05, 3.63) is 66.0 Å². The highest BCUT2D eigenvalue weighted by Gasteiger charge is 2.22. The fraction of sp³-hybridized carbons (Fsp3) is 0.286. The molecule has 1 saturated heterocycles. The number of anilines is 1. The Balaban J connectivity index is 1.41. The zero-order valence-corrected chi connectivity index (χ0v) is 15.8. The van der Waals surface area contributed by atoms with Gasteiger partial charge in [-0.05, 0) is 69.3 Å². The average molecular weight is 377 g/mol. The molecular formula is C21H23N5O2. The van der Waals surface area contributed by atoms with Crippen LogP contribution in [-0.4, -0.2) is 34.0 Å². The van der Waals surface area contributed by atoms with Crippen LogP contribution in [0, 0.1) is 6.92 Å². The van der Waals surface area contributed by atoms with Gasteiger partial charge in [-0.2, -0.15) is 0 Å². The second-order valence-electron chi connectivity index (χ2n) is 6.84. The van der Waals surface area contributed by atoms with E-state index < -0.39 is 0 Å². The zero-order chi connectivity index (χ0) is 19.3. The highest BCUT2D eigenvalue weighted by molar-refractivity contribution is 6.03. The average Bonchev–Trinajstić information content (AvgIpc) is 3.12. The van der Waals surface area contributed by atoms with E-state index in [0.717, 1.165) is 37.4 Å². The van der Waals surface area contributed by atoms with E-state index in [1.54, 1.807) is 0 Å². The van der Waals surface area contributed by atoms with Gasteiger partial charge in [0, 0.05) is 5.69 Å². The van der Waals surface area contributed by atoms with Crippen LogP contribution in [0.5, 0.6) is 11.5 Å². The van der Waals surface area contributed by atoms with E-state index in [2.05, 4.69) is 20.9 Å². The lowest BCUT2D eigenvalue weighted by molar-refractivity contribution is 0.102. The molecule has 0 radical (unpaired) electrons. The first-order chi connectivity index (χ1) is 13.7. The second kappa shape index (κ2) is 8.22. The summed E-state index contributed by atoms with van der Waals surface area (Å²) in [7, 11) is 0. The Labute approximate surface area is 163 Å². The quantitative estimate of drug-likeness (QED) is 0.711. The van der Waals surface area contributed by atoms with E-state index in [1.165, 1.54) is 0 Å². The molecule has 0 aliphatic carbocycles. The van der Waals surface area contributed by atoms with Crippen molar-refractivity contribution in [1.82, 2.24) is 20.3 Å². The van der Waals surface area contributed by atoms with Crippen molar-refractivity contribution >= 4 is 11.6 Å². The number of carbonyl (C=O) groups is 1. The molecule has 28 heavy (non-hydrogen) atoms. The Kier molecular flexibility index (Phi) is 5.34. The minimum Gasteiger partial charge on any atom is -0.457 e. The van der Waals surface area contributed by atoms with Crippen LogP contribution < -0.4 is 15.4 Å². The Morgan fingerprint density at radius 2 is 1.75 bits per heavy atom. The lowest BCUT2D eigenvalue weighted by Gasteiger charge is -2.23. The van der Waals surface area contributed by atoms with Gasteiger partial charge in [-0.3, -0.25) is 4.79 Å². The zero-order valence-electron chi connectivity index (χ0n) is 15.8. The molecule has 0 bridgehead atoms. The van der Waals surface area contributed by atoms with Crippen molar-refractivity contribution < 1.29 is 9.53 Å². The minimum absolute atomic E-state index is 0.255. The molecule has 1 fully saturated rings. The van der Waals surface area contributed by atoms with Gasteiger partial charge >= 0.3 is 0 Å². The van der Waals surface area contributed by atoms with Crippen molar-refractivity contribution in [2.45, 2.75) is 25.8 Å². The van der Waals surface area contributed by atoms with Crippen LogP contribution in [-0.2, 0) is 0 Å². The molecule has 3 aromatic rings.